The molecule has 1 fully saturated rings. The third kappa shape index (κ3) is 2.55. The molecule has 0 saturated carbocycles. The Hall–Kier alpha value is -2.02. The average Bonchev–Trinajstić information content (AvgIpc) is 2.87. The molecule has 0 aliphatic carbocycles. The summed E-state index contributed by atoms with van der Waals surface area (Å²) in [5, 5.41) is 9.04. The summed E-state index contributed by atoms with van der Waals surface area (Å²) >= 11 is 0. The van der Waals surface area contributed by atoms with Crippen LogP contribution in [0, 0.1) is 11.7 Å². The topological polar surface area (TPSA) is 79.7 Å². The fraction of sp³-hybridized carbons (Fsp3) is 0.417. The summed E-state index contributed by atoms with van der Waals surface area (Å²) in [4.78, 5) is 27.9. The van der Waals surface area contributed by atoms with Crippen molar-refractivity contribution < 1.29 is 23.8 Å². The lowest BCUT2D eigenvalue weighted by atomic mass is 10.0. The lowest BCUT2D eigenvalue weighted by Gasteiger charge is -2.26. The van der Waals surface area contributed by atoms with E-state index in [9.17, 15) is 14.0 Å². The fourth-order valence-electron chi connectivity index (χ4n) is 2.05. The van der Waals surface area contributed by atoms with Crippen LogP contribution in [0.3, 0.4) is 0 Å². The highest BCUT2D eigenvalue weighted by Crippen LogP contribution is 2.21. The number of pyridine rings is 1. The van der Waals surface area contributed by atoms with E-state index in [2.05, 4.69) is 4.98 Å². The van der Waals surface area contributed by atoms with Crippen LogP contribution in [0.1, 0.15) is 10.4 Å². The molecule has 2 atom stereocenters. The molecule has 2 heterocycles. The normalized spacial score (nSPS) is 22.2. The molecular formula is C12H13FN2O4. The third-order valence-electron chi connectivity index (χ3n) is 3.19. The van der Waals surface area contributed by atoms with Gasteiger partial charge in [0.05, 0.1) is 31.0 Å². The van der Waals surface area contributed by atoms with Gasteiger partial charge in [0.2, 0.25) is 0 Å². The molecule has 1 saturated heterocycles. The predicted molar refractivity (Wildman–Crippen MR) is 62.0 cm³/mol. The first-order valence-corrected chi connectivity index (χ1v) is 5.69. The molecule has 1 aromatic heterocycles. The van der Waals surface area contributed by atoms with Crippen molar-refractivity contribution in [2.24, 2.45) is 5.92 Å². The molecule has 0 aromatic carbocycles. The number of rotatable bonds is 3. The number of amides is 1. The van der Waals surface area contributed by atoms with Gasteiger partial charge in [-0.3, -0.25) is 14.6 Å². The monoisotopic (exact) mass is 268 g/mol. The molecule has 7 heteroatoms. The lowest BCUT2D eigenvalue weighted by molar-refractivity contribution is -0.142. The molecule has 102 valence electrons. The van der Waals surface area contributed by atoms with Crippen LogP contribution in [-0.2, 0) is 9.53 Å². The second kappa shape index (κ2) is 5.31. The zero-order valence-corrected chi connectivity index (χ0v) is 10.2. The number of hydrogen-bond acceptors (Lipinski definition) is 4. The van der Waals surface area contributed by atoms with Gasteiger partial charge < -0.3 is 14.7 Å². The largest absolute Gasteiger partial charge is 0.481 e. The van der Waals surface area contributed by atoms with Crippen LogP contribution >= 0.6 is 0 Å². The highest BCUT2D eigenvalue weighted by molar-refractivity contribution is 5.94. The molecule has 0 radical (unpaired) electrons. The number of likely N-dealkylation sites (N-methyl/N-ethyl adjacent to an activating group) is 1. The van der Waals surface area contributed by atoms with Gasteiger partial charge in [-0.2, -0.15) is 0 Å². The van der Waals surface area contributed by atoms with Crippen molar-refractivity contribution in [3.8, 4) is 0 Å². The minimum atomic E-state index is -1.03. The van der Waals surface area contributed by atoms with Gasteiger partial charge in [-0.05, 0) is 6.07 Å². The van der Waals surface area contributed by atoms with Gasteiger partial charge in [0.15, 0.2) is 5.82 Å². The van der Waals surface area contributed by atoms with Crippen molar-refractivity contribution in [2.45, 2.75) is 6.04 Å². The molecule has 0 bridgehead atoms. The Morgan fingerprint density at radius 1 is 1.53 bits per heavy atom. The molecule has 1 aliphatic rings. The fourth-order valence-corrected chi connectivity index (χ4v) is 2.05. The maximum Gasteiger partial charge on any atom is 0.311 e. The van der Waals surface area contributed by atoms with Gasteiger partial charge in [0.25, 0.3) is 5.91 Å². The number of nitrogens with zero attached hydrogens (tertiary/aromatic N) is 2. The summed E-state index contributed by atoms with van der Waals surface area (Å²) in [6.45, 7) is 0.183. The van der Waals surface area contributed by atoms with E-state index in [0.29, 0.717) is 0 Å². The second-order valence-electron chi connectivity index (χ2n) is 4.32. The van der Waals surface area contributed by atoms with E-state index in [1.54, 1.807) is 0 Å². The van der Waals surface area contributed by atoms with Crippen LogP contribution in [0.4, 0.5) is 4.39 Å². The number of carboxylic acid groups (broad SMARTS) is 1. The van der Waals surface area contributed by atoms with E-state index >= 15 is 0 Å². The number of halogens is 1. The van der Waals surface area contributed by atoms with Crippen LogP contribution in [0.2, 0.25) is 0 Å². The van der Waals surface area contributed by atoms with Gasteiger partial charge in [-0.25, -0.2) is 4.39 Å². The highest BCUT2D eigenvalue weighted by atomic mass is 19.1. The minimum Gasteiger partial charge on any atom is -0.481 e. The van der Waals surface area contributed by atoms with E-state index in [1.807, 2.05) is 0 Å². The summed E-state index contributed by atoms with van der Waals surface area (Å²) in [5.74, 6) is -3.14. The van der Waals surface area contributed by atoms with Gasteiger partial charge in [-0.15, -0.1) is 0 Å². The zero-order valence-electron chi connectivity index (χ0n) is 10.2. The van der Waals surface area contributed by atoms with Gasteiger partial charge in [-0.1, -0.05) is 0 Å². The summed E-state index contributed by atoms with van der Waals surface area (Å²) in [5.41, 5.74) is -0.131. The zero-order chi connectivity index (χ0) is 14.0. The van der Waals surface area contributed by atoms with E-state index in [-0.39, 0.29) is 18.8 Å². The molecule has 1 N–H and O–H groups in total. The SMILES string of the molecule is CN(C(=O)c1ccncc1F)C1COCC1C(=O)O. The van der Waals surface area contributed by atoms with Crippen molar-refractivity contribution in [3.05, 3.63) is 29.8 Å². The highest BCUT2D eigenvalue weighted by Gasteiger charge is 2.39. The van der Waals surface area contributed by atoms with E-state index in [4.69, 9.17) is 9.84 Å². The molecule has 0 spiro atoms. The van der Waals surface area contributed by atoms with Crippen LogP contribution in [-0.4, -0.2) is 53.2 Å². The van der Waals surface area contributed by atoms with Crippen LogP contribution < -0.4 is 0 Å². The molecule has 6 nitrogen and oxygen atoms in total. The van der Waals surface area contributed by atoms with Crippen molar-refractivity contribution >= 4 is 11.9 Å². The smallest absolute Gasteiger partial charge is 0.311 e. The summed E-state index contributed by atoms with van der Waals surface area (Å²) in [6, 6.07) is 0.664. The van der Waals surface area contributed by atoms with Gasteiger partial charge in [0.1, 0.15) is 5.92 Å². The molecular weight excluding hydrogens is 255 g/mol. The molecule has 1 aromatic rings. The molecule has 2 unspecified atom stereocenters. The Bertz CT molecular complexity index is 508. The third-order valence-corrected chi connectivity index (χ3v) is 3.19. The number of hydrogen-bond donors (Lipinski definition) is 1. The number of aromatic nitrogens is 1. The Morgan fingerprint density at radius 3 is 2.89 bits per heavy atom. The minimum absolute atomic E-state index is 0.0520. The standard InChI is InChI=1S/C12H13FN2O4/c1-15(10-6-19-5-8(10)12(17)18)11(16)7-2-3-14-4-9(7)13/h2-4,8,10H,5-6H2,1H3,(H,17,18). The predicted octanol–water partition coefficient (Wildman–Crippen LogP) is 0.392. The first-order chi connectivity index (χ1) is 9.02. The average molecular weight is 268 g/mol. The molecule has 19 heavy (non-hydrogen) atoms. The van der Waals surface area contributed by atoms with E-state index < -0.39 is 29.7 Å². The Balaban J connectivity index is 2.20. The lowest BCUT2D eigenvalue weighted by Crippen LogP contribution is -2.44. The second-order valence-corrected chi connectivity index (χ2v) is 4.32. The van der Waals surface area contributed by atoms with E-state index in [0.717, 1.165) is 6.20 Å². The number of aliphatic carboxylic acids is 1. The maximum absolute atomic E-state index is 13.5. The quantitative estimate of drug-likeness (QED) is 0.858. The Kier molecular flexibility index (Phi) is 3.75. The summed E-state index contributed by atoms with van der Waals surface area (Å²) < 4.78 is 18.6. The number of ether oxygens (including phenoxy) is 1. The molecule has 2 rings (SSSR count). The number of carboxylic acids is 1. The number of carbonyl (C=O) groups excluding carboxylic acids is 1. The maximum atomic E-state index is 13.5. The summed E-state index contributed by atoms with van der Waals surface area (Å²) in [6.07, 6.45) is 2.25. The Morgan fingerprint density at radius 2 is 2.26 bits per heavy atom. The van der Waals surface area contributed by atoms with Crippen LogP contribution in [0.5, 0.6) is 0 Å². The van der Waals surface area contributed by atoms with Gasteiger partial charge in [0, 0.05) is 13.2 Å². The molecule has 1 aliphatic heterocycles. The number of carbonyl (C=O) groups is 2. The van der Waals surface area contributed by atoms with E-state index in [1.165, 1.54) is 24.2 Å². The van der Waals surface area contributed by atoms with Gasteiger partial charge >= 0.3 is 5.97 Å². The Labute approximate surface area is 108 Å². The molecule has 1 amide bonds. The first kappa shape index (κ1) is 13.4. The van der Waals surface area contributed by atoms with Crippen LogP contribution in [0.15, 0.2) is 18.5 Å². The van der Waals surface area contributed by atoms with Crippen molar-refractivity contribution in [1.82, 2.24) is 9.88 Å². The van der Waals surface area contributed by atoms with Crippen molar-refractivity contribution in [3.63, 3.8) is 0 Å². The summed E-state index contributed by atoms with van der Waals surface area (Å²) in [7, 11) is 1.44. The van der Waals surface area contributed by atoms with Crippen molar-refractivity contribution in [1.29, 1.82) is 0 Å². The first-order valence-electron chi connectivity index (χ1n) is 5.69. The van der Waals surface area contributed by atoms with Crippen LogP contribution in [0.25, 0.3) is 0 Å². The van der Waals surface area contributed by atoms with Crippen molar-refractivity contribution in [2.75, 3.05) is 20.3 Å².